The zero-order chi connectivity index (χ0) is 17.0. The van der Waals surface area contributed by atoms with Crippen molar-refractivity contribution in [2.24, 2.45) is 11.8 Å². The second-order valence-electron chi connectivity index (χ2n) is 6.40. The molecule has 1 saturated heterocycles. The Labute approximate surface area is 149 Å². The highest BCUT2D eigenvalue weighted by molar-refractivity contribution is 8.03. The van der Waals surface area contributed by atoms with Crippen LogP contribution in [0.3, 0.4) is 0 Å². The summed E-state index contributed by atoms with van der Waals surface area (Å²) in [7, 11) is 0. The van der Waals surface area contributed by atoms with E-state index in [1.54, 1.807) is 11.8 Å². The molecule has 25 heavy (non-hydrogen) atoms. The number of carbonyl (C=O) groups excluding carboxylic acids is 1. The van der Waals surface area contributed by atoms with Gasteiger partial charge < -0.3 is 9.64 Å². The molecule has 0 amide bonds. The number of ether oxygens (including phenoxy) is 1. The summed E-state index contributed by atoms with van der Waals surface area (Å²) in [5.41, 5.74) is 2.78. The predicted octanol–water partition coefficient (Wildman–Crippen LogP) is 3.88. The Morgan fingerprint density at radius 1 is 1.12 bits per heavy atom. The molecule has 5 heteroatoms. The van der Waals surface area contributed by atoms with E-state index < -0.39 is 5.92 Å². The molecule has 0 saturated carbocycles. The van der Waals surface area contributed by atoms with Gasteiger partial charge in [-0.05, 0) is 17.7 Å². The van der Waals surface area contributed by atoms with Crippen LogP contribution in [0, 0.1) is 23.2 Å². The maximum absolute atomic E-state index is 12.4. The fourth-order valence-electron chi connectivity index (χ4n) is 4.10. The van der Waals surface area contributed by atoms with Crippen LogP contribution in [-0.2, 0) is 9.53 Å². The van der Waals surface area contributed by atoms with Gasteiger partial charge in [-0.3, -0.25) is 4.79 Å². The van der Waals surface area contributed by atoms with Gasteiger partial charge in [0.1, 0.15) is 5.92 Å². The SMILES string of the molecule is N#CC1=C2Sc3ccccc3N2[C@H](c2ccccc2)[C@H]2COC(=O)[C@@H]12. The normalized spacial score (nSPS) is 26.6. The molecule has 3 aliphatic rings. The Morgan fingerprint density at radius 3 is 2.68 bits per heavy atom. The van der Waals surface area contributed by atoms with E-state index in [2.05, 4.69) is 35.2 Å². The van der Waals surface area contributed by atoms with Crippen LogP contribution in [0.15, 0.2) is 70.1 Å². The van der Waals surface area contributed by atoms with Crippen LogP contribution in [-0.4, -0.2) is 12.6 Å². The van der Waals surface area contributed by atoms with Gasteiger partial charge in [-0.25, -0.2) is 0 Å². The molecule has 0 unspecified atom stereocenters. The first-order valence-electron chi connectivity index (χ1n) is 8.21. The zero-order valence-electron chi connectivity index (χ0n) is 13.3. The van der Waals surface area contributed by atoms with Crippen molar-refractivity contribution in [3.63, 3.8) is 0 Å². The van der Waals surface area contributed by atoms with Crippen molar-refractivity contribution < 1.29 is 9.53 Å². The standard InChI is InChI=1S/C20H14N2O2S/c21-10-13-17-14(11-24-20(17)23)18(12-6-2-1-3-7-12)22-15-8-4-5-9-16(15)25-19(13)22/h1-9,14,17-18H,11H2/t14-,17-,18+/m0/s1. The molecule has 4 nitrogen and oxygen atoms in total. The van der Waals surface area contributed by atoms with E-state index in [1.807, 2.05) is 30.3 Å². The van der Waals surface area contributed by atoms with Gasteiger partial charge in [0.2, 0.25) is 0 Å². The molecule has 0 aliphatic carbocycles. The van der Waals surface area contributed by atoms with Gasteiger partial charge in [0.25, 0.3) is 0 Å². The number of hydrogen-bond acceptors (Lipinski definition) is 5. The maximum atomic E-state index is 12.4. The largest absolute Gasteiger partial charge is 0.465 e. The molecule has 5 rings (SSSR count). The summed E-state index contributed by atoms with van der Waals surface area (Å²) in [6, 6.07) is 20.6. The third-order valence-corrected chi connectivity index (χ3v) is 6.31. The number of anilines is 1. The molecule has 3 aliphatic heterocycles. The van der Waals surface area contributed by atoms with Crippen LogP contribution >= 0.6 is 11.8 Å². The van der Waals surface area contributed by atoms with Gasteiger partial charge in [-0.2, -0.15) is 5.26 Å². The number of hydrogen-bond donors (Lipinski definition) is 0. The van der Waals surface area contributed by atoms with Gasteiger partial charge in [0, 0.05) is 10.8 Å². The topological polar surface area (TPSA) is 53.3 Å². The first-order valence-corrected chi connectivity index (χ1v) is 9.03. The molecule has 0 aromatic heterocycles. The Kier molecular flexibility index (Phi) is 3.16. The highest BCUT2D eigenvalue weighted by atomic mass is 32.2. The van der Waals surface area contributed by atoms with Crippen molar-refractivity contribution >= 4 is 23.4 Å². The second-order valence-corrected chi connectivity index (χ2v) is 7.43. The lowest BCUT2D eigenvalue weighted by Crippen LogP contribution is -2.40. The number of cyclic esters (lactones) is 1. The molecule has 3 heterocycles. The molecule has 0 radical (unpaired) electrons. The fraction of sp³-hybridized carbons (Fsp3) is 0.200. The van der Waals surface area contributed by atoms with E-state index in [0.29, 0.717) is 12.2 Å². The van der Waals surface area contributed by atoms with E-state index in [1.165, 1.54) is 0 Å². The van der Waals surface area contributed by atoms with Crippen LogP contribution in [0.25, 0.3) is 0 Å². The quantitative estimate of drug-likeness (QED) is 0.734. The minimum absolute atomic E-state index is 0.0131. The number of para-hydroxylation sites is 1. The van der Waals surface area contributed by atoms with E-state index in [9.17, 15) is 10.1 Å². The Balaban J connectivity index is 1.77. The molecular weight excluding hydrogens is 332 g/mol. The number of nitriles is 1. The number of fused-ring (bicyclic) bond motifs is 4. The van der Waals surface area contributed by atoms with Gasteiger partial charge in [-0.1, -0.05) is 54.2 Å². The van der Waals surface area contributed by atoms with Crippen LogP contribution < -0.4 is 4.90 Å². The van der Waals surface area contributed by atoms with Crippen molar-refractivity contribution in [2.75, 3.05) is 11.5 Å². The van der Waals surface area contributed by atoms with Crippen LogP contribution in [0.5, 0.6) is 0 Å². The molecule has 0 bridgehead atoms. The number of nitrogens with zero attached hydrogens (tertiary/aromatic N) is 2. The summed E-state index contributed by atoms with van der Waals surface area (Å²) < 4.78 is 5.38. The van der Waals surface area contributed by atoms with Crippen molar-refractivity contribution in [1.82, 2.24) is 0 Å². The molecular formula is C20H14N2O2S. The summed E-state index contributed by atoms with van der Waals surface area (Å²) in [4.78, 5) is 15.7. The first-order chi connectivity index (χ1) is 12.3. The van der Waals surface area contributed by atoms with Crippen molar-refractivity contribution in [2.45, 2.75) is 10.9 Å². The molecule has 1 fully saturated rings. The smallest absolute Gasteiger partial charge is 0.314 e. The zero-order valence-corrected chi connectivity index (χ0v) is 14.1. The molecule has 2 aromatic carbocycles. The van der Waals surface area contributed by atoms with E-state index in [4.69, 9.17) is 4.74 Å². The lowest BCUT2D eigenvalue weighted by Gasteiger charge is -2.40. The number of benzene rings is 2. The number of carbonyl (C=O) groups is 1. The first kappa shape index (κ1) is 14.6. The average Bonchev–Trinajstić information content (AvgIpc) is 3.22. The van der Waals surface area contributed by atoms with Crippen LogP contribution in [0.1, 0.15) is 11.6 Å². The monoisotopic (exact) mass is 346 g/mol. The van der Waals surface area contributed by atoms with Gasteiger partial charge in [-0.15, -0.1) is 0 Å². The third kappa shape index (κ3) is 1.98. The average molecular weight is 346 g/mol. The summed E-state index contributed by atoms with van der Waals surface area (Å²) in [6.45, 7) is 0.352. The Morgan fingerprint density at radius 2 is 1.88 bits per heavy atom. The second kappa shape index (κ2) is 5.40. The lowest BCUT2D eigenvalue weighted by atomic mass is 9.77. The highest BCUT2D eigenvalue weighted by Crippen LogP contribution is 2.58. The summed E-state index contributed by atoms with van der Waals surface area (Å²) in [6.07, 6.45) is 0. The van der Waals surface area contributed by atoms with Gasteiger partial charge in [0.05, 0.1) is 35.0 Å². The van der Waals surface area contributed by atoms with Gasteiger partial charge in [0.15, 0.2) is 0 Å². The van der Waals surface area contributed by atoms with E-state index in [0.717, 1.165) is 21.2 Å². The lowest BCUT2D eigenvalue weighted by molar-refractivity contribution is -0.140. The molecule has 2 aromatic rings. The van der Waals surface area contributed by atoms with Crippen LogP contribution in [0.2, 0.25) is 0 Å². The molecule has 0 spiro atoms. The molecule has 122 valence electrons. The minimum atomic E-state index is -0.469. The van der Waals surface area contributed by atoms with Crippen molar-refractivity contribution in [3.8, 4) is 6.07 Å². The predicted molar refractivity (Wildman–Crippen MR) is 94.5 cm³/mol. The van der Waals surface area contributed by atoms with Crippen LogP contribution in [0.4, 0.5) is 5.69 Å². The number of rotatable bonds is 1. The summed E-state index contributed by atoms with van der Waals surface area (Å²) in [5, 5.41) is 10.7. The fourth-order valence-corrected chi connectivity index (χ4v) is 5.32. The maximum Gasteiger partial charge on any atom is 0.314 e. The van der Waals surface area contributed by atoms with E-state index in [-0.39, 0.29) is 17.9 Å². The van der Waals surface area contributed by atoms with E-state index >= 15 is 0 Å². The Bertz CT molecular complexity index is 948. The summed E-state index contributed by atoms with van der Waals surface area (Å²) in [5.74, 6) is -0.797. The highest BCUT2D eigenvalue weighted by Gasteiger charge is 2.53. The number of esters is 1. The van der Waals surface area contributed by atoms with Crippen molar-refractivity contribution in [3.05, 3.63) is 70.8 Å². The summed E-state index contributed by atoms with van der Waals surface area (Å²) >= 11 is 1.58. The number of thioether (sulfide) groups is 1. The minimum Gasteiger partial charge on any atom is -0.465 e. The third-order valence-electron chi connectivity index (χ3n) is 5.14. The van der Waals surface area contributed by atoms with Crippen molar-refractivity contribution in [1.29, 1.82) is 5.26 Å². The molecule has 0 N–H and O–H groups in total. The molecule has 3 atom stereocenters. The van der Waals surface area contributed by atoms with Gasteiger partial charge >= 0.3 is 5.97 Å². The Hall–Kier alpha value is -2.71.